The molecular weight excluding hydrogens is 515 g/mol. The van der Waals surface area contributed by atoms with Gasteiger partial charge in [-0.1, -0.05) is 0 Å². The average Bonchev–Trinajstić information content (AvgIpc) is 3.30. The van der Waals surface area contributed by atoms with E-state index in [1.54, 1.807) is 18.2 Å². The van der Waals surface area contributed by atoms with Gasteiger partial charge in [-0.25, -0.2) is 4.98 Å². The summed E-state index contributed by atoms with van der Waals surface area (Å²) in [6.07, 6.45) is -0.220. The van der Waals surface area contributed by atoms with Gasteiger partial charge in [-0.3, -0.25) is 9.59 Å². The molecule has 1 aromatic carbocycles. The van der Waals surface area contributed by atoms with Crippen LogP contribution >= 0.6 is 0 Å². The van der Waals surface area contributed by atoms with Crippen molar-refractivity contribution in [1.82, 2.24) is 25.5 Å². The number of halogens is 3. The average molecular weight is 550 g/mol. The molecule has 4 N–H and O–H groups in total. The Balaban J connectivity index is 1.52. The fourth-order valence-electron chi connectivity index (χ4n) is 4.98. The Morgan fingerprint density at radius 2 is 1.79 bits per heavy atom. The van der Waals surface area contributed by atoms with Crippen molar-refractivity contribution < 1.29 is 27.5 Å². The number of nitrogens with one attached hydrogen (secondary N) is 4. The molecule has 0 radical (unpaired) electrons. The number of aromatic nitrogens is 2. The number of likely N-dealkylation sites (tertiary alicyclic amines) is 1. The number of alkyl halides is 3. The monoisotopic (exact) mass is 549 g/mol. The zero-order valence-corrected chi connectivity index (χ0v) is 22.2. The van der Waals surface area contributed by atoms with Crippen molar-refractivity contribution >= 4 is 29.3 Å². The van der Waals surface area contributed by atoms with Crippen molar-refractivity contribution in [2.24, 2.45) is 0 Å². The lowest BCUT2D eigenvalue weighted by molar-refractivity contribution is -0.137. The van der Waals surface area contributed by atoms with Gasteiger partial charge in [0.1, 0.15) is 17.1 Å². The van der Waals surface area contributed by atoms with Gasteiger partial charge in [0.05, 0.1) is 12.8 Å². The molecule has 4 rings (SSSR count). The summed E-state index contributed by atoms with van der Waals surface area (Å²) in [5.41, 5.74) is -0.220. The van der Waals surface area contributed by atoms with Crippen molar-refractivity contribution in [1.29, 1.82) is 0 Å². The van der Waals surface area contributed by atoms with E-state index in [0.717, 1.165) is 38.5 Å². The van der Waals surface area contributed by atoms with Crippen molar-refractivity contribution in [3.8, 4) is 5.75 Å². The molecule has 13 heteroatoms. The summed E-state index contributed by atoms with van der Waals surface area (Å²) in [5, 5.41) is 11.6. The molecule has 2 amide bonds. The minimum Gasteiger partial charge on any atom is -0.495 e. The third-order valence-electron chi connectivity index (χ3n) is 7.08. The second kappa shape index (κ2) is 12.1. The number of piperidine rings is 1. The summed E-state index contributed by atoms with van der Waals surface area (Å²) in [4.78, 5) is 34.5. The molecule has 0 bridgehead atoms. The van der Waals surface area contributed by atoms with Crippen molar-refractivity contribution in [2.45, 2.75) is 63.3 Å². The van der Waals surface area contributed by atoms with E-state index in [2.05, 4.69) is 36.1 Å². The van der Waals surface area contributed by atoms with Crippen LogP contribution in [0.15, 0.2) is 24.4 Å². The SMILES string of the molecule is COc1cc(C(=O)NC2CCN(C)CC2)ccc1Nc1ncc(C(F)(F)F)c(N[C@@H]2CCC[C@@H]2NC(C)=O)n1. The Labute approximate surface area is 225 Å². The van der Waals surface area contributed by atoms with Crippen LogP contribution in [-0.4, -0.2) is 72.1 Å². The molecule has 0 spiro atoms. The molecule has 1 aliphatic carbocycles. The fraction of sp³-hybridized carbons (Fsp3) is 0.538. The molecule has 2 fully saturated rings. The Bertz CT molecular complexity index is 1190. The Morgan fingerprint density at radius 1 is 1.08 bits per heavy atom. The van der Waals surface area contributed by atoms with Crippen LogP contribution in [0.2, 0.25) is 0 Å². The number of nitrogens with zero attached hydrogens (tertiary/aromatic N) is 3. The van der Waals surface area contributed by atoms with Gasteiger partial charge in [0, 0.05) is 36.8 Å². The Morgan fingerprint density at radius 3 is 2.46 bits per heavy atom. The molecule has 2 aliphatic rings. The minimum atomic E-state index is -4.68. The molecule has 2 heterocycles. The van der Waals surface area contributed by atoms with E-state index in [9.17, 15) is 22.8 Å². The third-order valence-corrected chi connectivity index (χ3v) is 7.08. The first-order chi connectivity index (χ1) is 18.5. The second-order valence-corrected chi connectivity index (χ2v) is 10.0. The predicted octanol–water partition coefficient (Wildman–Crippen LogP) is 3.54. The van der Waals surface area contributed by atoms with Crippen LogP contribution in [0.5, 0.6) is 5.75 Å². The van der Waals surface area contributed by atoms with Gasteiger partial charge < -0.3 is 30.9 Å². The van der Waals surface area contributed by atoms with Crippen LogP contribution in [0.4, 0.5) is 30.6 Å². The van der Waals surface area contributed by atoms with E-state index >= 15 is 0 Å². The number of rotatable bonds is 8. The smallest absolute Gasteiger partial charge is 0.421 e. The molecule has 10 nitrogen and oxygen atoms in total. The standard InChI is InChI=1S/C26H34F3N7O3/c1-15(37)31-19-5-4-6-20(19)33-23-18(26(27,28)29)14-30-25(35-23)34-21-8-7-16(13-22(21)39-3)24(38)32-17-9-11-36(2)12-10-17/h7-8,13-14,17,19-20H,4-6,9-12H2,1-3H3,(H,31,37)(H,32,38)(H2,30,33,34,35)/t19-,20+/m0/s1. The maximum Gasteiger partial charge on any atom is 0.421 e. The number of methoxy groups -OCH3 is 1. The van der Waals surface area contributed by atoms with E-state index in [1.807, 2.05) is 7.05 Å². The molecule has 2 aromatic rings. The summed E-state index contributed by atoms with van der Waals surface area (Å²) in [7, 11) is 3.48. The van der Waals surface area contributed by atoms with Crippen LogP contribution in [0.3, 0.4) is 0 Å². The van der Waals surface area contributed by atoms with E-state index in [4.69, 9.17) is 4.74 Å². The number of hydrogen-bond donors (Lipinski definition) is 4. The van der Waals surface area contributed by atoms with Crippen LogP contribution in [0.1, 0.15) is 54.9 Å². The zero-order chi connectivity index (χ0) is 28.2. The highest BCUT2D eigenvalue weighted by atomic mass is 19.4. The van der Waals surface area contributed by atoms with Crippen LogP contribution in [0, 0.1) is 0 Å². The van der Waals surface area contributed by atoms with Gasteiger partial charge in [0.2, 0.25) is 11.9 Å². The highest BCUT2D eigenvalue weighted by Crippen LogP contribution is 2.36. The molecule has 1 saturated heterocycles. The molecule has 0 unspecified atom stereocenters. The molecular formula is C26H34F3N7O3. The van der Waals surface area contributed by atoms with E-state index in [0.29, 0.717) is 29.8 Å². The van der Waals surface area contributed by atoms with Gasteiger partial charge in [-0.05, 0) is 70.4 Å². The summed E-state index contributed by atoms with van der Waals surface area (Å²) >= 11 is 0. The van der Waals surface area contributed by atoms with Crippen molar-refractivity contribution in [2.75, 3.05) is 37.9 Å². The lowest BCUT2D eigenvalue weighted by Crippen LogP contribution is -2.43. The first kappa shape index (κ1) is 28.4. The lowest BCUT2D eigenvalue weighted by atomic mass is 10.0. The van der Waals surface area contributed by atoms with Gasteiger partial charge in [0.25, 0.3) is 5.91 Å². The predicted molar refractivity (Wildman–Crippen MR) is 140 cm³/mol. The number of benzene rings is 1. The third kappa shape index (κ3) is 7.28. The molecule has 39 heavy (non-hydrogen) atoms. The fourth-order valence-corrected chi connectivity index (χ4v) is 4.98. The number of anilines is 3. The summed E-state index contributed by atoms with van der Waals surface area (Å²) in [6, 6.07) is 4.15. The normalized spacial score (nSPS) is 20.4. The van der Waals surface area contributed by atoms with E-state index < -0.39 is 17.8 Å². The molecule has 1 saturated carbocycles. The number of ether oxygens (including phenoxy) is 1. The maximum atomic E-state index is 13.7. The van der Waals surface area contributed by atoms with Crippen LogP contribution < -0.4 is 26.0 Å². The summed E-state index contributed by atoms with van der Waals surface area (Å²) < 4.78 is 46.7. The molecule has 2 atom stereocenters. The van der Waals surface area contributed by atoms with Crippen molar-refractivity contribution in [3.63, 3.8) is 0 Å². The first-order valence-corrected chi connectivity index (χ1v) is 13.0. The van der Waals surface area contributed by atoms with E-state index in [-0.39, 0.29) is 35.7 Å². The van der Waals surface area contributed by atoms with Crippen LogP contribution in [0.25, 0.3) is 0 Å². The zero-order valence-electron chi connectivity index (χ0n) is 22.2. The van der Waals surface area contributed by atoms with Gasteiger partial charge in [0.15, 0.2) is 0 Å². The van der Waals surface area contributed by atoms with Crippen molar-refractivity contribution in [3.05, 3.63) is 35.5 Å². The van der Waals surface area contributed by atoms with Gasteiger partial charge in [-0.2, -0.15) is 18.2 Å². The van der Waals surface area contributed by atoms with Crippen LogP contribution in [-0.2, 0) is 11.0 Å². The Kier molecular flexibility index (Phi) is 8.78. The summed E-state index contributed by atoms with van der Waals surface area (Å²) in [5.74, 6) is -0.621. The molecule has 1 aliphatic heterocycles. The topological polar surface area (TPSA) is 121 Å². The number of hydrogen-bond acceptors (Lipinski definition) is 8. The second-order valence-electron chi connectivity index (χ2n) is 10.0. The minimum absolute atomic E-state index is 0.0820. The van der Waals surface area contributed by atoms with E-state index in [1.165, 1.54) is 14.0 Å². The largest absolute Gasteiger partial charge is 0.495 e. The number of carbonyl (C=O) groups excluding carboxylic acids is 2. The highest BCUT2D eigenvalue weighted by molar-refractivity contribution is 5.95. The van der Waals surface area contributed by atoms with Gasteiger partial charge in [-0.15, -0.1) is 0 Å². The quantitative estimate of drug-likeness (QED) is 0.395. The molecule has 1 aromatic heterocycles. The lowest BCUT2D eigenvalue weighted by Gasteiger charge is -2.29. The number of carbonyl (C=O) groups is 2. The highest BCUT2D eigenvalue weighted by Gasteiger charge is 2.37. The summed E-state index contributed by atoms with van der Waals surface area (Å²) in [6.45, 7) is 3.20. The van der Waals surface area contributed by atoms with Gasteiger partial charge >= 0.3 is 6.18 Å². The Hall–Kier alpha value is -3.61. The maximum absolute atomic E-state index is 13.7. The first-order valence-electron chi connectivity index (χ1n) is 13.0. The molecule has 212 valence electrons. The number of amides is 2.